The molecule has 0 fully saturated rings. The van der Waals surface area contributed by atoms with Gasteiger partial charge < -0.3 is 9.80 Å². The summed E-state index contributed by atoms with van der Waals surface area (Å²) in [5.74, 6) is -2.00. The number of carbonyl (C=O) groups is 2. The Morgan fingerprint density at radius 1 is 1.30 bits per heavy atom. The summed E-state index contributed by atoms with van der Waals surface area (Å²) in [6, 6.07) is 2.68. The van der Waals surface area contributed by atoms with Crippen molar-refractivity contribution in [2.75, 3.05) is 27.7 Å². The smallest absolute Gasteiger partial charge is 0.270 e. The topological polar surface area (TPSA) is 83.8 Å². The molecule has 0 aliphatic carbocycles. The van der Waals surface area contributed by atoms with Crippen molar-refractivity contribution >= 4 is 17.5 Å². The quantitative estimate of drug-likeness (QED) is 0.607. The number of halogens is 1. The van der Waals surface area contributed by atoms with E-state index < -0.39 is 22.2 Å². The number of likely N-dealkylation sites (N-methyl/N-ethyl adjacent to an activating group) is 2. The summed E-state index contributed by atoms with van der Waals surface area (Å²) in [7, 11) is 4.37. The maximum absolute atomic E-state index is 13.6. The first-order valence-electron chi connectivity index (χ1n) is 5.63. The minimum Gasteiger partial charge on any atom is -0.347 e. The Morgan fingerprint density at radius 2 is 1.90 bits per heavy atom. The fraction of sp³-hybridized carbons (Fsp3) is 0.333. The predicted octanol–water partition coefficient (Wildman–Crippen LogP) is 0.894. The summed E-state index contributed by atoms with van der Waals surface area (Å²) >= 11 is 0. The lowest BCUT2D eigenvalue weighted by atomic mass is 10.1. The van der Waals surface area contributed by atoms with E-state index in [4.69, 9.17) is 0 Å². The van der Waals surface area contributed by atoms with Gasteiger partial charge in [-0.3, -0.25) is 19.7 Å². The van der Waals surface area contributed by atoms with Crippen molar-refractivity contribution in [2.24, 2.45) is 0 Å². The largest absolute Gasteiger partial charge is 0.347 e. The minimum atomic E-state index is -0.871. The van der Waals surface area contributed by atoms with E-state index in [1.54, 1.807) is 0 Å². The first-order chi connectivity index (χ1) is 9.23. The molecule has 0 heterocycles. The molecule has 0 unspecified atom stereocenters. The Balaban J connectivity index is 2.99. The highest BCUT2D eigenvalue weighted by atomic mass is 19.1. The second-order valence-corrected chi connectivity index (χ2v) is 4.37. The molecule has 8 heteroatoms. The molecule has 1 aromatic rings. The number of hydrogen-bond acceptors (Lipinski definition) is 4. The Bertz CT molecular complexity index is 560. The molecule has 0 atom stereocenters. The molecule has 0 radical (unpaired) electrons. The maximum Gasteiger partial charge on any atom is 0.270 e. The normalized spacial score (nSPS) is 10.0. The first kappa shape index (κ1) is 15.5. The van der Waals surface area contributed by atoms with Crippen LogP contribution in [0.3, 0.4) is 0 Å². The first-order valence-corrected chi connectivity index (χ1v) is 5.63. The number of nitro groups is 1. The number of benzene rings is 1. The van der Waals surface area contributed by atoms with Crippen molar-refractivity contribution in [3.63, 3.8) is 0 Å². The molecular weight excluding hydrogens is 269 g/mol. The van der Waals surface area contributed by atoms with E-state index in [1.807, 2.05) is 0 Å². The molecule has 0 spiro atoms. The summed E-state index contributed by atoms with van der Waals surface area (Å²) < 4.78 is 13.6. The average Bonchev–Trinajstić information content (AvgIpc) is 2.37. The van der Waals surface area contributed by atoms with Gasteiger partial charge in [-0.25, -0.2) is 4.39 Å². The number of rotatable bonds is 4. The van der Waals surface area contributed by atoms with Crippen molar-refractivity contribution < 1.29 is 18.9 Å². The van der Waals surface area contributed by atoms with E-state index in [0.717, 1.165) is 23.1 Å². The number of non-ortho nitro benzene ring substituents is 1. The fourth-order valence-corrected chi connectivity index (χ4v) is 1.41. The lowest BCUT2D eigenvalue weighted by Gasteiger charge is -2.19. The van der Waals surface area contributed by atoms with Gasteiger partial charge in [0, 0.05) is 33.3 Å². The van der Waals surface area contributed by atoms with Crippen LogP contribution >= 0.6 is 0 Å². The molecule has 0 saturated heterocycles. The van der Waals surface area contributed by atoms with E-state index in [9.17, 15) is 24.1 Å². The monoisotopic (exact) mass is 283 g/mol. The van der Waals surface area contributed by atoms with Crippen molar-refractivity contribution in [3.8, 4) is 0 Å². The van der Waals surface area contributed by atoms with Crippen LogP contribution in [0.2, 0.25) is 0 Å². The number of nitrogens with zero attached hydrogens (tertiary/aromatic N) is 3. The second-order valence-electron chi connectivity index (χ2n) is 4.37. The van der Waals surface area contributed by atoms with Crippen molar-refractivity contribution in [2.45, 2.75) is 0 Å². The molecule has 0 bridgehead atoms. The van der Waals surface area contributed by atoms with E-state index in [1.165, 1.54) is 26.0 Å². The molecular formula is C12H14FN3O4. The van der Waals surface area contributed by atoms with Crippen molar-refractivity contribution in [1.82, 2.24) is 9.80 Å². The number of carbonyl (C=O) groups excluding carboxylic acids is 2. The lowest BCUT2D eigenvalue weighted by molar-refractivity contribution is -0.384. The van der Waals surface area contributed by atoms with Gasteiger partial charge in [0.2, 0.25) is 5.91 Å². The molecule has 108 valence electrons. The lowest BCUT2D eigenvalue weighted by Crippen LogP contribution is -2.38. The highest BCUT2D eigenvalue weighted by Crippen LogP contribution is 2.18. The highest BCUT2D eigenvalue weighted by Gasteiger charge is 2.21. The molecule has 0 aliphatic heterocycles. The number of hydrogen-bond donors (Lipinski definition) is 0. The Hall–Kier alpha value is -2.51. The molecule has 1 rings (SSSR count). The van der Waals surface area contributed by atoms with E-state index in [0.29, 0.717) is 0 Å². The highest BCUT2D eigenvalue weighted by molar-refractivity contribution is 5.97. The molecule has 20 heavy (non-hydrogen) atoms. The van der Waals surface area contributed by atoms with Crippen LogP contribution in [0.1, 0.15) is 10.4 Å². The Kier molecular flexibility index (Phi) is 4.73. The van der Waals surface area contributed by atoms with Gasteiger partial charge in [-0.1, -0.05) is 0 Å². The third-order valence-corrected chi connectivity index (χ3v) is 2.61. The summed E-state index contributed by atoms with van der Waals surface area (Å²) in [5.41, 5.74) is -0.824. The van der Waals surface area contributed by atoms with Crippen LogP contribution in [-0.4, -0.2) is 54.2 Å². The second kappa shape index (κ2) is 6.09. The zero-order chi connectivity index (χ0) is 15.4. The maximum atomic E-state index is 13.6. The molecule has 0 N–H and O–H groups in total. The van der Waals surface area contributed by atoms with Crippen LogP contribution in [-0.2, 0) is 4.79 Å². The molecule has 1 aromatic carbocycles. The van der Waals surface area contributed by atoms with Crippen molar-refractivity contribution in [1.29, 1.82) is 0 Å². The van der Waals surface area contributed by atoms with Crippen LogP contribution in [0.4, 0.5) is 10.1 Å². The molecule has 7 nitrogen and oxygen atoms in total. The van der Waals surface area contributed by atoms with E-state index in [2.05, 4.69) is 0 Å². The summed E-state index contributed by atoms with van der Waals surface area (Å²) in [6.07, 6.45) is 0. The Morgan fingerprint density at radius 3 is 2.40 bits per heavy atom. The van der Waals surface area contributed by atoms with Gasteiger partial charge >= 0.3 is 0 Å². The number of amides is 2. The van der Waals surface area contributed by atoms with Gasteiger partial charge in [0.25, 0.3) is 11.6 Å². The average molecular weight is 283 g/mol. The minimum absolute atomic E-state index is 0.242. The fourth-order valence-electron chi connectivity index (χ4n) is 1.41. The van der Waals surface area contributed by atoms with Gasteiger partial charge in [0.15, 0.2) is 0 Å². The van der Waals surface area contributed by atoms with Crippen LogP contribution < -0.4 is 0 Å². The van der Waals surface area contributed by atoms with Crippen molar-refractivity contribution in [3.05, 3.63) is 39.7 Å². The third-order valence-electron chi connectivity index (χ3n) is 2.61. The number of nitro benzene ring substituents is 1. The van der Waals surface area contributed by atoms with Crippen LogP contribution in [0.25, 0.3) is 0 Å². The summed E-state index contributed by atoms with van der Waals surface area (Å²) in [5, 5.41) is 10.6. The Labute approximate surface area is 114 Å². The summed E-state index contributed by atoms with van der Waals surface area (Å²) in [4.78, 5) is 35.7. The van der Waals surface area contributed by atoms with Gasteiger partial charge in [0.05, 0.1) is 17.0 Å². The molecule has 2 amide bonds. The van der Waals surface area contributed by atoms with Gasteiger partial charge in [-0.05, 0) is 6.07 Å². The standard InChI is InChI=1S/C12H14FN3O4/c1-14(2)11(17)7-15(3)12(18)9-6-8(16(19)20)4-5-10(9)13/h4-6H,7H2,1-3H3. The third kappa shape index (κ3) is 3.50. The van der Waals surface area contributed by atoms with Gasteiger partial charge in [-0.2, -0.15) is 0 Å². The van der Waals surface area contributed by atoms with Crippen LogP contribution in [0, 0.1) is 15.9 Å². The molecule has 0 aromatic heterocycles. The van der Waals surface area contributed by atoms with E-state index >= 15 is 0 Å². The van der Waals surface area contributed by atoms with Crippen LogP contribution in [0.15, 0.2) is 18.2 Å². The zero-order valence-corrected chi connectivity index (χ0v) is 11.3. The van der Waals surface area contributed by atoms with Gasteiger partial charge in [-0.15, -0.1) is 0 Å². The predicted molar refractivity (Wildman–Crippen MR) is 68.7 cm³/mol. The van der Waals surface area contributed by atoms with Crippen LogP contribution in [0.5, 0.6) is 0 Å². The van der Waals surface area contributed by atoms with E-state index in [-0.39, 0.29) is 18.1 Å². The molecule has 0 aliphatic rings. The van der Waals surface area contributed by atoms with Gasteiger partial charge in [0.1, 0.15) is 5.82 Å². The summed E-state index contributed by atoms with van der Waals surface area (Å²) in [6.45, 7) is -0.242. The molecule has 0 saturated carbocycles. The SMILES string of the molecule is CN(C)C(=O)CN(C)C(=O)c1cc([N+](=O)[O-])ccc1F. The zero-order valence-electron chi connectivity index (χ0n) is 11.3.